The van der Waals surface area contributed by atoms with Gasteiger partial charge in [-0.25, -0.2) is 0 Å². The number of anilines is 1. The number of halogens is 1. The highest BCUT2D eigenvalue weighted by atomic mass is 35.5. The molecule has 1 N–H and O–H groups in total. The van der Waals surface area contributed by atoms with Crippen molar-refractivity contribution >= 4 is 45.3 Å². The summed E-state index contributed by atoms with van der Waals surface area (Å²) in [6.45, 7) is 1.03. The standard InChI is InChI=1S/C26H20ClN3O2S/c27-22-13-28-30(15-22)14-18-5-8-23(9-6-18)29-26(31)25-11-19(17-33-25)16-32-24-10-7-20-3-1-2-4-21(20)12-24/h1-13,15,17H,14,16H2,(H,29,31). The van der Waals surface area contributed by atoms with Crippen molar-refractivity contribution in [3.63, 3.8) is 0 Å². The number of carbonyl (C=O) groups excluding carboxylic acids is 1. The molecule has 7 heteroatoms. The van der Waals surface area contributed by atoms with Crippen LogP contribution < -0.4 is 10.1 Å². The minimum absolute atomic E-state index is 0.136. The molecule has 1 amide bonds. The molecule has 0 aliphatic carbocycles. The van der Waals surface area contributed by atoms with E-state index in [-0.39, 0.29) is 5.91 Å². The molecule has 0 aliphatic rings. The number of ether oxygens (including phenoxy) is 1. The van der Waals surface area contributed by atoms with Gasteiger partial charge in [-0.3, -0.25) is 9.48 Å². The summed E-state index contributed by atoms with van der Waals surface area (Å²) in [4.78, 5) is 13.3. The molecule has 0 unspecified atom stereocenters. The lowest BCUT2D eigenvalue weighted by atomic mass is 10.1. The van der Waals surface area contributed by atoms with Crippen molar-refractivity contribution in [2.45, 2.75) is 13.2 Å². The topological polar surface area (TPSA) is 56.2 Å². The molecule has 5 aromatic rings. The largest absolute Gasteiger partial charge is 0.489 e. The SMILES string of the molecule is O=C(Nc1ccc(Cn2cc(Cl)cn2)cc1)c1cc(COc2ccc3ccccc3c2)cs1. The monoisotopic (exact) mass is 473 g/mol. The Hall–Kier alpha value is -3.61. The Labute approximate surface area is 200 Å². The van der Waals surface area contributed by atoms with Crippen LogP contribution in [0.2, 0.25) is 5.02 Å². The second-order valence-electron chi connectivity index (χ2n) is 7.62. The molecule has 164 valence electrons. The number of rotatable bonds is 7. The molecule has 0 spiro atoms. The van der Waals surface area contributed by atoms with E-state index in [4.69, 9.17) is 16.3 Å². The number of amides is 1. The predicted octanol–water partition coefficient (Wildman–Crippen LogP) is 6.63. The van der Waals surface area contributed by atoms with Crippen molar-refractivity contribution in [3.8, 4) is 5.75 Å². The van der Waals surface area contributed by atoms with E-state index in [1.54, 1.807) is 17.1 Å². The third-order valence-corrected chi connectivity index (χ3v) is 6.34. The predicted molar refractivity (Wildman–Crippen MR) is 133 cm³/mol. The fraction of sp³-hybridized carbons (Fsp3) is 0.0769. The fourth-order valence-electron chi connectivity index (χ4n) is 3.49. The second-order valence-corrected chi connectivity index (χ2v) is 8.97. The highest BCUT2D eigenvalue weighted by Crippen LogP contribution is 2.23. The zero-order valence-corrected chi connectivity index (χ0v) is 19.1. The van der Waals surface area contributed by atoms with Gasteiger partial charge < -0.3 is 10.1 Å². The molecule has 3 aromatic carbocycles. The molecular formula is C26H20ClN3O2S. The van der Waals surface area contributed by atoms with Gasteiger partial charge in [-0.2, -0.15) is 5.10 Å². The lowest BCUT2D eigenvalue weighted by molar-refractivity contribution is 0.103. The van der Waals surface area contributed by atoms with Crippen molar-refractivity contribution in [1.82, 2.24) is 9.78 Å². The van der Waals surface area contributed by atoms with E-state index in [2.05, 4.69) is 22.5 Å². The zero-order valence-electron chi connectivity index (χ0n) is 17.6. The molecule has 0 atom stereocenters. The first-order chi connectivity index (χ1) is 16.1. The van der Waals surface area contributed by atoms with E-state index in [1.807, 2.05) is 66.0 Å². The average Bonchev–Trinajstić information content (AvgIpc) is 3.48. The van der Waals surface area contributed by atoms with E-state index in [0.29, 0.717) is 23.1 Å². The van der Waals surface area contributed by atoms with Crippen LogP contribution in [0.25, 0.3) is 10.8 Å². The number of hydrogen-bond donors (Lipinski definition) is 1. The Morgan fingerprint density at radius 3 is 2.61 bits per heavy atom. The molecule has 5 rings (SSSR count). The molecule has 0 saturated carbocycles. The summed E-state index contributed by atoms with van der Waals surface area (Å²) >= 11 is 7.31. The Morgan fingerprint density at radius 2 is 1.82 bits per heavy atom. The first kappa shape index (κ1) is 21.2. The Balaban J connectivity index is 1.17. The molecule has 33 heavy (non-hydrogen) atoms. The lowest BCUT2D eigenvalue weighted by Crippen LogP contribution is -2.10. The maximum absolute atomic E-state index is 12.7. The number of carbonyl (C=O) groups is 1. The van der Waals surface area contributed by atoms with Gasteiger partial charge in [0.15, 0.2) is 0 Å². The first-order valence-electron chi connectivity index (χ1n) is 10.4. The minimum Gasteiger partial charge on any atom is -0.489 e. The highest BCUT2D eigenvalue weighted by molar-refractivity contribution is 7.12. The number of nitrogens with one attached hydrogen (secondary N) is 1. The van der Waals surface area contributed by atoms with Gasteiger partial charge in [-0.1, -0.05) is 54.1 Å². The maximum Gasteiger partial charge on any atom is 0.265 e. The van der Waals surface area contributed by atoms with Gasteiger partial charge in [0, 0.05) is 17.4 Å². The number of aromatic nitrogens is 2. The average molecular weight is 474 g/mol. The van der Waals surface area contributed by atoms with Gasteiger partial charge in [0.05, 0.1) is 22.6 Å². The quantitative estimate of drug-likeness (QED) is 0.288. The maximum atomic E-state index is 12.7. The third-order valence-electron chi connectivity index (χ3n) is 5.16. The minimum atomic E-state index is -0.136. The van der Waals surface area contributed by atoms with Crippen molar-refractivity contribution in [2.75, 3.05) is 5.32 Å². The van der Waals surface area contributed by atoms with Crippen LogP contribution in [-0.4, -0.2) is 15.7 Å². The second kappa shape index (κ2) is 9.48. The summed E-state index contributed by atoms with van der Waals surface area (Å²) in [5, 5.41) is 12.0. The van der Waals surface area contributed by atoms with Gasteiger partial charge in [0.2, 0.25) is 0 Å². The van der Waals surface area contributed by atoms with E-state index >= 15 is 0 Å². The number of hydrogen-bond acceptors (Lipinski definition) is 4. The smallest absolute Gasteiger partial charge is 0.265 e. The van der Waals surface area contributed by atoms with Gasteiger partial charge >= 0.3 is 0 Å². The van der Waals surface area contributed by atoms with Crippen LogP contribution in [0.4, 0.5) is 5.69 Å². The summed E-state index contributed by atoms with van der Waals surface area (Å²) in [7, 11) is 0. The van der Waals surface area contributed by atoms with Crippen molar-refractivity contribution in [2.24, 2.45) is 0 Å². The van der Waals surface area contributed by atoms with Crippen LogP contribution in [0.15, 0.2) is 90.6 Å². The molecule has 0 aliphatic heterocycles. The number of nitrogens with zero attached hydrogens (tertiary/aromatic N) is 2. The summed E-state index contributed by atoms with van der Waals surface area (Å²) < 4.78 is 7.70. The van der Waals surface area contributed by atoms with Crippen LogP contribution in [0.3, 0.4) is 0 Å². The van der Waals surface area contributed by atoms with Crippen LogP contribution in [-0.2, 0) is 13.2 Å². The normalized spacial score (nSPS) is 10.9. The summed E-state index contributed by atoms with van der Waals surface area (Å²) in [6.07, 6.45) is 3.38. The molecule has 0 saturated heterocycles. The van der Waals surface area contributed by atoms with Gasteiger partial charge in [-0.05, 0) is 52.0 Å². The highest BCUT2D eigenvalue weighted by Gasteiger charge is 2.10. The molecule has 0 bridgehead atoms. The lowest BCUT2D eigenvalue weighted by Gasteiger charge is -2.07. The summed E-state index contributed by atoms with van der Waals surface area (Å²) in [6, 6.07) is 23.8. The van der Waals surface area contributed by atoms with E-state index in [1.165, 1.54) is 16.7 Å². The first-order valence-corrected chi connectivity index (χ1v) is 11.7. The van der Waals surface area contributed by atoms with Gasteiger partial charge in [0.25, 0.3) is 5.91 Å². The van der Waals surface area contributed by atoms with E-state index in [0.717, 1.165) is 28.0 Å². The van der Waals surface area contributed by atoms with Crippen molar-refractivity contribution in [1.29, 1.82) is 0 Å². The zero-order chi connectivity index (χ0) is 22.6. The van der Waals surface area contributed by atoms with Crippen LogP contribution in [0.5, 0.6) is 5.75 Å². The third kappa shape index (κ3) is 5.25. The Kier molecular flexibility index (Phi) is 6.11. The van der Waals surface area contributed by atoms with Crippen molar-refractivity contribution < 1.29 is 9.53 Å². The fourth-order valence-corrected chi connectivity index (χ4v) is 4.44. The number of fused-ring (bicyclic) bond motifs is 1. The number of benzene rings is 3. The molecular weight excluding hydrogens is 454 g/mol. The van der Waals surface area contributed by atoms with Gasteiger partial charge in [-0.15, -0.1) is 11.3 Å². The van der Waals surface area contributed by atoms with E-state index in [9.17, 15) is 4.79 Å². The summed E-state index contributed by atoms with van der Waals surface area (Å²) in [5.41, 5.74) is 2.77. The van der Waals surface area contributed by atoms with Crippen LogP contribution >= 0.6 is 22.9 Å². The van der Waals surface area contributed by atoms with Crippen molar-refractivity contribution in [3.05, 3.63) is 112 Å². The molecule has 5 nitrogen and oxygen atoms in total. The molecule has 0 fully saturated rings. The van der Waals surface area contributed by atoms with Gasteiger partial charge in [0.1, 0.15) is 12.4 Å². The molecule has 2 heterocycles. The Morgan fingerprint density at radius 1 is 1.00 bits per heavy atom. The Bertz CT molecular complexity index is 1410. The van der Waals surface area contributed by atoms with Crippen LogP contribution in [0, 0.1) is 0 Å². The molecule has 0 radical (unpaired) electrons. The molecule has 2 aromatic heterocycles. The summed E-state index contributed by atoms with van der Waals surface area (Å²) in [5.74, 6) is 0.673. The van der Waals surface area contributed by atoms with Crippen LogP contribution in [0.1, 0.15) is 20.8 Å². The number of thiophene rings is 1. The van der Waals surface area contributed by atoms with E-state index < -0.39 is 0 Å².